The van der Waals surface area contributed by atoms with Crippen LogP contribution in [0.3, 0.4) is 0 Å². The van der Waals surface area contributed by atoms with Gasteiger partial charge in [-0.15, -0.1) is 0 Å². The summed E-state index contributed by atoms with van der Waals surface area (Å²) < 4.78 is 5.42. The van der Waals surface area contributed by atoms with Gasteiger partial charge in [-0.05, 0) is 36.6 Å². The third kappa shape index (κ3) is 4.79. The molecule has 2 heterocycles. The minimum Gasteiger partial charge on any atom is -0.494 e. The van der Waals surface area contributed by atoms with Crippen LogP contribution in [0.1, 0.15) is 10.5 Å². The number of aromatic amines is 1. The highest BCUT2D eigenvalue weighted by Crippen LogP contribution is 2.28. The summed E-state index contributed by atoms with van der Waals surface area (Å²) in [5.74, 6) is 1.29. The van der Waals surface area contributed by atoms with Crippen LogP contribution in [0.15, 0.2) is 48.7 Å². The van der Waals surface area contributed by atoms with E-state index in [0.717, 1.165) is 23.7 Å². The van der Waals surface area contributed by atoms with E-state index in [2.05, 4.69) is 32.1 Å². The minimum atomic E-state index is -0.308. The van der Waals surface area contributed by atoms with Gasteiger partial charge in [-0.2, -0.15) is 16.9 Å². The van der Waals surface area contributed by atoms with Crippen molar-refractivity contribution in [1.82, 2.24) is 15.2 Å². The maximum atomic E-state index is 12.6. The number of nitrogens with one attached hydrogen (secondary N) is 3. The predicted octanol–water partition coefficient (Wildman–Crippen LogP) is 3.51. The third-order valence-corrected chi connectivity index (χ3v) is 4.46. The van der Waals surface area contributed by atoms with Gasteiger partial charge in [0.2, 0.25) is 0 Å². The summed E-state index contributed by atoms with van der Waals surface area (Å²) >= 11 is 1.78. The van der Waals surface area contributed by atoms with Crippen LogP contribution in [0.2, 0.25) is 0 Å². The van der Waals surface area contributed by atoms with Crippen LogP contribution in [-0.4, -0.2) is 46.8 Å². The lowest BCUT2D eigenvalue weighted by atomic mass is 10.2. The number of aromatic nitrogens is 3. The number of carbonyl (C=O) groups is 1. The first kappa shape index (κ1) is 18.8. The fraction of sp³-hybridized carbons (Fsp3) is 0.211. The molecular formula is C19H21N5O2S. The molecule has 8 heteroatoms. The van der Waals surface area contributed by atoms with Gasteiger partial charge in [0.1, 0.15) is 11.4 Å². The number of H-pyrrole nitrogens is 1. The van der Waals surface area contributed by atoms with E-state index in [1.165, 1.54) is 0 Å². The van der Waals surface area contributed by atoms with Crippen LogP contribution in [-0.2, 0) is 0 Å². The molecule has 0 aliphatic rings. The molecule has 0 bridgehead atoms. The van der Waals surface area contributed by atoms with Crippen molar-refractivity contribution in [3.05, 3.63) is 54.4 Å². The maximum absolute atomic E-state index is 12.6. The van der Waals surface area contributed by atoms with Crippen LogP contribution in [0, 0.1) is 0 Å². The number of pyridine rings is 1. The van der Waals surface area contributed by atoms with E-state index in [1.54, 1.807) is 43.3 Å². The molecule has 3 rings (SSSR count). The number of anilines is 2. The molecule has 0 atom stereocenters. The topological polar surface area (TPSA) is 91.9 Å². The van der Waals surface area contributed by atoms with E-state index in [4.69, 9.17) is 4.74 Å². The SMILES string of the molecule is COc1cc(NCCSC)ccc1NC(=O)c1cccc(-c2ccn[nH]2)n1. The lowest BCUT2D eigenvalue weighted by molar-refractivity contribution is 0.102. The Kier molecular flexibility index (Phi) is 6.32. The molecule has 0 fully saturated rings. The average molecular weight is 383 g/mol. The highest BCUT2D eigenvalue weighted by atomic mass is 32.2. The summed E-state index contributed by atoms with van der Waals surface area (Å²) in [7, 11) is 1.58. The molecule has 2 aromatic heterocycles. The van der Waals surface area contributed by atoms with Crippen molar-refractivity contribution in [3.8, 4) is 17.1 Å². The Balaban J connectivity index is 1.74. The predicted molar refractivity (Wildman–Crippen MR) is 110 cm³/mol. The number of rotatable bonds is 8. The number of amides is 1. The van der Waals surface area contributed by atoms with Gasteiger partial charge in [-0.3, -0.25) is 9.89 Å². The van der Waals surface area contributed by atoms with Crippen LogP contribution in [0.4, 0.5) is 11.4 Å². The quantitative estimate of drug-likeness (QED) is 0.516. The van der Waals surface area contributed by atoms with Crippen LogP contribution >= 0.6 is 11.8 Å². The molecule has 27 heavy (non-hydrogen) atoms. The second kappa shape index (κ2) is 9.09. The van der Waals surface area contributed by atoms with Gasteiger partial charge < -0.3 is 15.4 Å². The molecule has 0 saturated heterocycles. The largest absolute Gasteiger partial charge is 0.494 e. The molecule has 3 N–H and O–H groups in total. The molecule has 0 unspecified atom stereocenters. The van der Waals surface area contributed by atoms with Gasteiger partial charge in [-0.1, -0.05) is 6.07 Å². The van der Waals surface area contributed by atoms with Crippen LogP contribution < -0.4 is 15.4 Å². The summed E-state index contributed by atoms with van der Waals surface area (Å²) in [6.07, 6.45) is 3.71. The van der Waals surface area contributed by atoms with Gasteiger partial charge in [-0.25, -0.2) is 4.98 Å². The zero-order valence-electron chi connectivity index (χ0n) is 15.2. The number of ether oxygens (including phenoxy) is 1. The molecule has 3 aromatic rings. The molecular weight excluding hydrogens is 362 g/mol. The summed E-state index contributed by atoms with van der Waals surface area (Å²) in [6, 6.07) is 12.7. The van der Waals surface area contributed by atoms with E-state index in [9.17, 15) is 4.79 Å². The molecule has 0 saturated carbocycles. The number of nitrogens with zero attached hydrogens (tertiary/aromatic N) is 2. The molecule has 0 radical (unpaired) electrons. The van der Waals surface area contributed by atoms with Crippen molar-refractivity contribution in [2.24, 2.45) is 0 Å². The summed E-state index contributed by atoms with van der Waals surface area (Å²) in [6.45, 7) is 0.861. The fourth-order valence-corrected chi connectivity index (χ4v) is 2.80. The monoisotopic (exact) mass is 383 g/mol. The van der Waals surface area contributed by atoms with E-state index in [1.807, 2.05) is 24.3 Å². The van der Waals surface area contributed by atoms with Crippen molar-refractivity contribution in [3.63, 3.8) is 0 Å². The maximum Gasteiger partial charge on any atom is 0.274 e. The molecule has 0 aliphatic carbocycles. The Morgan fingerprint density at radius 1 is 1.26 bits per heavy atom. The first-order valence-electron chi connectivity index (χ1n) is 8.40. The number of hydrogen-bond donors (Lipinski definition) is 3. The van der Waals surface area contributed by atoms with Gasteiger partial charge in [0.05, 0.1) is 24.2 Å². The van der Waals surface area contributed by atoms with E-state index in [-0.39, 0.29) is 5.91 Å². The first-order chi connectivity index (χ1) is 13.2. The van der Waals surface area contributed by atoms with Crippen molar-refractivity contribution in [1.29, 1.82) is 0 Å². The number of carbonyl (C=O) groups excluding carboxylic acids is 1. The Morgan fingerprint density at radius 3 is 2.89 bits per heavy atom. The normalized spacial score (nSPS) is 10.4. The van der Waals surface area contributed by atoms with E-state index >= 15 is 0 Å². The molecule has 140 valence electrons. The molecule has 1 amide bonds. The van der Waals surface area contributed by atoms with Gasteiger partial charge >= 0.3 is 0 Å². The average Bonchev–Trinajstić information content (AvgIpc) is 3.24. The second-order valence-corrected chi connectivity index (χ2v) is 6.65. The van der Waals surface area contributed by atoms with Crippen molar-refractivity contribution in [2.75, 3.05) is 36.3 Å². The second-order valence-electron chi connectivity index (χ2n) is 5.67. The van der Waals surface area contributed by atoms with Crippen molar-refractivity contribution in [2.45, 2.75) is 0 Å². The van der Waals surface area contributed by atoms with Crippen molar-refractivity contribution < 1.29 is 9.53 Å². The number of hydrogen-bond acceptors (Lipinski definition) is 6. The Hall–Kier alpha value is -3.00. The Morgan fingerprint density at radius 2 is 2.15 bits per heavy atom. The molecule has 0 aliphatic heterocycles. The standard InChI is InChI=1S/C19H21N5O2S/c1-26-18-12-13(20-10-11-27-2)6-7-16(18)23-19(25)17-5-3-4-14(22-17)15-8-9-21-24-15/h3-9,12,20H,10-11H2,1-2H3,(H,21,24)(H,23,25). The fourth-order valence-electron chi connectivity index (χ4n) is 2.50. The third-order valence-electron chi connectivity index (χ3n) is 3.84. The van der Waals surface area contributed by atoms with Crippen LogP contribution in [0.25, 0.3) is 11.4 Å². The lowest BCUT2D eigenvalue weighted by Gasteiger charge is -2.13. The molecule has 0 spiro atoms. The van der Waals surface area contributed by atoms with Gasteiger partial charge in [0, 0.05) is 30.2 Å². The van der Waals surface area contributed by atoms with Gasteiger partial charge in [0.15, 0.2) is 0 Å². The summed E-state index contributed by atoms with van der Waals surface area (Å²) in [4.78, 5) is 17.0. The lowest BCUT2D eigenvalue weighted by Crippen LogP contribution is -2.14. The minimum absolute atomic E-state index is 0.308. The van der Waals surface area contributed by atoms with Gasteiger partial charge in [0.25, 0.3) is 5.91 Å². The molecule has 1 aromatic carbocycles. The molecule has 7 nitrogen and oxygen atoms in total. The van der Waals surface area contributed by atoms with E-state index < -0.39 is 0 Å². The highest BCUT2D eigenvalue weighted by molar-refractivity contribution is 7.98. The zero-order chi connectivity index (χ0) is 19.1. The summed E-state index contributed by atoms with van der Waals surface area (Å²) in [5.41, 5.74) is 3.25. The van der Waals surface area contributed by atoms with Crippen LogP contribution in [0.5, 0.6) is 5.75 Å². The Bertz CT molecular complexity index is 899. The zero-order valence-corrected chi connectivity index (χ0v) is 16.0. The van der Waals surface area contributed by atoms with Crippen molar-refractivity contribution >= 4 is 29.0 Å². The number of methoxy groups -OCH3 is 1. The van der Waals surface area contributed by atoms with E-state index in [0.29, 0.717) is 22.8 Å². The first-order valence-corrected chi connectivity index (χ1v) is 9.79. The highest BCUT2D eigenvalue weighted by Gasteiger charge is 2.13. The Labute approximate surface area is 161 Å². The number of thioether (sulfide) groups is 1. The summed E-state index contributed by atoms with van der Waals surface area (Å²) in [5, 5.41) is 12.9. The number of benzene rings is 1. The smallest absolute Gasteiger partial charge is 0.274 e.